The van der Waals surface area contributed by atoms with Crippen molar-refractivity contribution < 1.29 is 23.9 Å². The summed E-state index contributed by atoms with van der Waals surface area (Å²) in [6.07, 6.45) is -0.939. The molecule has 8 nitrogen and oxygen atoms in total. The summed E-state index contributed by atoms with van der Waals surface area (Å²) in [6.45, 7) is 3.67. The first-order chi connectivity index (χ1) is 15.1. The summed E-state index contributed by atoms with van der Waals surface area (Å²) in [5.74, 6) is -2.10. The van der Waals surface area contributed by atoms with Crippen molar-refractivity contribution in [1.82, 2.24) is 10.2 Å². The predicted molar refractivity (Wildman–Crippen MR) is 120 cm³/mol. The van der Waals surface area contributed by atoms with Gasteiger partial charge >= 0.3 is 0 Å². The summed E-state index contributed by atoms with van der Waals surface area (Å²) < 4.78 is 5.20. The number of nitrogens with two attached hydrogens (primary N) is 1. The molecule has 0 saturated carbocycles. The Kier molecular flexibility index (Phi) is 7.10. The molecule has 1 fully saturated rings. The lowest BCUT2D eigenvalue weighted by molar-refractivity contribution is -0.141. The van der Waals surface area contributed by atoms with E-state index in [1.54, 1.807) is 16.8 Å². The fourth-order valence-corrected chi connectivity index (χ4v) is 4.55. The fraction of sp³-hybridized carbons (Fsp3) is 0.391. The molecule has 3 amide bonds. The van der Waals surface area contributed by atoms with Gasteiger partial charge in [-0.3, -0.25) is 19.2 Å². The Hall–Kier alpha value is -3.04. The first-order valence-electron chi connectivity index (χ1n) is 10.2. The van der Waals surface area contributed by atoms with Crippen LogP contribution in [0.25, 0.3) is 0 Å². The molecule has 0 aliphatic carbocycles. The van der Waals surface area contributed by atoms with Crippen molar-refractivity contribution in [2.75, 3.05) is 13.7 Å². The van der Waals surface area contributed by atoms with Crippen LogP contribution in [-0.4, -0.2) is 60.2 Å². The predicted octanol–water partition coefficient (Wildman–Crippen LogP) is 1.49. The van der Waals surface area contributed by atoms with Crippen LogP contribution in [0.2, 0.25) is 0 Å². The second-order valence-electron chi connectivity index (χ2n) is 8.49. The highest BCUT2D eigenvalue weighted by atomic mass is 32.1. The lowest BCUT2D eigenvalue weighted by Gasteiger charge is -2.34. The zero-order valence-electron chi connectivity index (χ0n) is 18.2. The zero-order chi connectivity index (χ0) is 23.5. The van der Waals surface area contributed by atoms with E-state index in [4.69, 9.17) is 10.5 Å². The third kappa shape index (κ3) is 5.05. The van der Waals surface area contributed by atoms with Crippen molar-refractivity contribution in [2.24, 2.45) is 5.73 Å². The summed E-state index contributed by atoms with van der Waals surface area (Å²) in [5.41, 5.74) is 6.34. The summed E-state index contributed by atoms with van der Waals surface area (Å²) in [6, 6.07) is 9.26. The Morgan fingerprint density at radius 2 is 1.94 bits per heavy atom. The number of rotatable bonds is 8. The molecule has 0 spiro atoms. The van der Waals surface area contributed by atoms with E-state index in [0.717, 1.165) is 5.56 Å². The quantitative estimate of drug-likeness (QED) is 0.623. The van der Waals surface area contributed by atoms with Gasteiger partial charge in [0.1, 0.15) is 18.7 Å². The SMILES string of the molecule is CN(C(=O)C(CC(C)(C)c1ccccc1)NC(=O)c1ccsc1)C1C(=O)COC1C(N)=O. The Bertz CT molecular complexity index is 990. The van der Waals surface area contributed by atoms with E-state index in [2.05, 4.69) is 5.32 Å². The molecule has 1 saturated heterocycles. The lowest BCUT2D eigenvalue weighted by Crippen LogP contribution is -2.57. The number of carbonyl (C=O) groups excluding carboxylic acids is 4. The van der Waals surface area contributed by atoms with Gasteiger partial charge in [0.2, 0.25) is 11.8 Å². The van der Waals surface area contributed by atoms with Crippen molar-refractivity contribution in [2.45, 2.75) is 43.9 Å². The molecule has 3 unspecified atom stereocenters. The van der Waals surface area contributed by atoms with Crippen LogP contribution < -0.4 is 11.1 Å². The lowest BCUT2D eigenvalue weighted by atomic mass is 9.78. The summed E-state index contributed by atoms with van der Waals surface area (Å²) in [7, 11) is 1.43. The molecule has 0 bridgehead atoms. The van der Waals surface area contributed by atoms with Gasteiger partial charge in [-0.2, -0.15) is 11.3 Å². The van der Waals surface area contributed by atoms with Crippen LogP contribution in [0.4, 0.5) is 0 Å². The number of Topliss-reactive ketones (excluding diaryl/α,β-unsaturated/α-hetero) is 1. The van der Waals surface area contributed by atoms with E-state index in [9.17, 15) is 19.2 Å². The van der Waals surface area contributed by atoms with Gasteiger partial charge in [-0.25, -0.2) is 0 Å². The Balaban J connectivity index is 1.88. The van der Waals surface area contributed by atoms with Crippen LogP contribution in [-0.2, 0) is 24.5 Å². The third-order valence-corrected chi connectivity index (χ3v) is 6.41. The van der Waals surface area contributed by atoms with Crippen molar-refractivity contribution in [1.29, 1.82) is 0 Å². The number of ketones is 1. The number of nitrogens with one attached hydrogen (secondary N) is 1. The van der Waals surface area contributed by atoms with Crippen LogP contribution >= 0.6 is 11.3 Å². The minimum absolute atomic E-state index is 0.277. The van der Waals surface area contributed by atoms with Crippen LogP contribution in [0.5, 0.6) is 0 Å². The zero-order valence-corrected chi connectivity index (χ0v) is 19.1. The highest BCUT2D eigenvalue weighted by Crippen LogP contribution is 2.29. The second-order valence-corrected chi connectivity index (χ2v) is 9.27. The molecule has 3 N–H and O–H groups in total. The maximum Gasteiger partial charge on any atom is 0.252 e. The number of hydrogen-bond donors (Lipinski definition) is 2. The van der Waals surface area contributed by atoms with E-state index < -0.39 is 41.2 Å². The average Bonchev–Trinajstić information content (AvgIpc) is 3.42. The highest BCUT2D eigenvalue weighted by molar-refractivity contribution is 7.08. The molecule has 32 heavy (non-hydrogen) atoms. The van der Waals surface area contributed by atoms with E-state index in [-0.39, 0.29) is 18.9 Å². The second kappa shape index (κ2) is 9.62. The number of ether oxygens (including phenoxy) is 1. The first kappa shape index (κ1) is 23.6. The van der Waals surface area contributed by atoms with Crippen molar-refractivity contribution in [3.63, 3.8) is 0 Å². The molecule has 9 heteroatoms. The van der Waals surface area contributed by atoms with Crippen LogP contribution in [0.3, 0.4) is 0 Å². The molecule has 2 aromatic rings. The number of likely N-dealkylation sites (N-methyl/N-ethyl adjacent to an activating group) is 1. The fourth-order valence-electron chi connectivity index (χ4n) is 3.91. The maximum atomic E-state index is 13.5. The van der Waals surface area contributed by atoms with E-state index in [0.29, 0.717) is 5.56 Å². The van der Waals surface area contributed by atoms with Gasteiger partial charge in [0, 0.05) is 12.4 Å². The molecule has 1 aromatic carbocycles. The molecule has 2 heterocycles. The standard InChI is InChI=1S/C23H27N3O5S/c1-23(2,15-7-5-4-6-8-15)11-16(25-21(29)14-9-10-32-13-14)22(30)26(3)18-17(27)12-31-19(18)20(24)28/h4-10,13,16,18-19H,11-12H2,1-3H3,(H2,24,28)(H,25,29). The number of carbonyl (C=O) groups is 4. The number of thiophene rings is 1. The molecule has 0 radical (unpaired) electrons. The molecule has 3 rings (SSSR count). The van der Waals surface area contributed by atoms with Crippen LogP contribution in [0.15, 0.2) is 47.2 Å². The number of hydrogen-bond acceptors (Lipinski definition) is 6. The Morgan fingerprint density at radius 1 is 1.25 bits per heavy atom. The van der Waals surface area contributed by atoms with Gasteiger partial charge < -0.3 is 20.7 Å². The molecule has 1 aliphatic rings. The smallest absolute Gasteiger partial charge is 0.252 e. The molecule has 3 atom stereocenters. The molecule has 170 valence electrons. The average molecular weight is 458 g/mol. The minimum atomic E-state index is -1.22. The summed E-state index contributed by atoms with van der Waals surface area (Å²) >= 11 is 1.38. The van der Waals surface area contributed by atoms with Crippen molar-refractivity contribution >= 4 is 34.8 Å². The summed E-state index contributed by atoms with van der Waals surface area (Å²) in [5, 5.41) is 6.29. The monoisotopic (exact) mass is 457 g/mol. The van der Waals surface area contributed by atoms with Crippen molar-refractivity contribution in [3.8, 4) is 0 Å². The van der Waals surface area contributed by atoms with Crippen molar-refractivity contribution in [3.05, 3.63) is 58.3 Å². The number of benzene rings is 1. The van der Waals surface area contributed by atoms with E-state index in [1.807, 2.05) is 44.2 Å². The van der Waals surface area contributed by atoms with Gasteiger partial charge in [-0.05, 0) is 28.8 Å². The normalized spacial score (nSPS) is 19.4. The van der Waals surface area contributed by atoms with E-state index >= 15 is 0 Å². The third-order valence-electron chi connectivity index (χ3n) is 5.72. The van der Waals surface area contributed by atoms with E-state index in [1.165, 1.54) is 23.3 Å². The van der Waals surface area contributed by atoms with Gasteiger partial charge in [0.25, 0.3) is 5.91 Å². The van der Waals surface area contributed by atoms with Gasteiger partial charge in [0.15, 0.2) is 11.9 Å². The van der Waals surface area contributed by atoms with Crippen LogP contribution in [0.1, 0.15) is 36.2 Å². The molecule has 1 aromatic heterocycles. The molecular formula is C23H27N3O5S. The highest BCUT2D eigenvalue weighted by Gasteiger charge is 2.45. The minimum Gasteiger partial charge on any atom is -0.367 e. The van der Waals surface area contributed by atoms with Gasteiger partial charge in [-0.15, -0.1) is 0 Å². The summed E-state index contributed by atoms with van der Waals surface area (Å²) in [4.78, 5) is 51.6. The number of amides is 3. The number of nitrogens with zero attached hydrogens (tertiary/aromatic N) is 1. The molecule has 1 aliphatic heterocycles. The van der Waals surface area contributed by atoms with Crippen LogP contribution in [0, 0.1) is 0 Å². The van der Waals surface area contributed by atoms with Gasteiger partial charge in [0.05, 0.1) is 5.56 Å². The topological polar surface area (TPSA) is 119 Å². The van der Waals surface area contributed by atoms with Gasteiger partial charge in [-0.1, -0.05) is 44.2 Å². The number of primary amides is 1. The maximum absolute atomic E-state index is 13.5. The largest absolute Gasteiger partial charge is 0.367 e. The Labute approximate surface area is 190 Å². The Morgan fingerprint density at radius 3 is 2.53 bits per heavy atom. The first-order valence-corrected chi connectivity index (χ1v) is 11.1. The molecular weight excluding hydrogens is 430 g/mol.